The van der Waals surface area contributed by atoms with Gasteiger partial charge in [0.1, 0.15) is 5.82 Å². The lowest BCUT2D eigenvalue weighted by Gasteiger charge is -2.32. The molecule has 19 heavy (non-hydrogen) atoms. The maximum atomic E-state index is 13.8. The van der Waals surface area contributed by atoms with Gasteiger partial charge in [0.25, 0.3) is 0 Å². The van der Waals surface area contributed by atoms with Gasteiger partial charge in [-0.05, 0) is 43.5 Å². The van der Waals surface area contributed by atoms with E-state index in [1.54, 1.807) is 0 Å². The lowest BCUT2D eigenvalue weighted by molar-refractivity contribution is 0.100. The molecular weight excluding hydrogens is 245 g/mol. The van der Waals surface area contributed by atoms with E-state index in [-0.39, 0.29) is 11.9 Å². The maximum absolute atomic E-state index is 13.8. The molecule has 2 unspecified atom stereocenters. The van der Waals surface area contributed by atoms with Gasteiger partial charge in [-0.25, -0.2) is 4.39 Å². The highest BCUT2D eigenvalue weighted by Gasteiger charge is 2.24. The number of nitrogens with one attached hydrogen (secondary N) is 1. The highest BCUT2D eigenvalue weighted by atomic mass is 19.1. The molecule has 5 heteroatoms. The average Bonchev–Trinajstić information content (AvgIpc) is 2.41. The molecule has 2 atom stereocenters. The average molecular weight is 265 g/mol. The zero-order chi connectivity index (χ0) is 13.8. The molecule has 0 aliphatic heterocycles. The van der Waals surface area contributed by atoms with Crippen LogP contribution in [0, 0.1) is 11.7 Å². The van der Waals surface area contributed by atoms with Crippen molar-refractivity contribution in [2.24, 2.45) is 17.4 Å². The molecule has 0 aromatic heterocycles. The number of halogens is 1. The summed E-state index contributed by atoms with van der Waals surface area (Å²) in [5.74, 6) is -0.571. The minimum atomic E-state index is -0.554. The molecule has 0 bridgehead atoms. The summed E-state index contributed by atoms with van der Waals surface area (Å²) in [6.45, 7) is 0.592. The van der Waals surface area contributed by atoms with Gasteiger partial charge >= 0.3 is 0 Å². The van der Waals surface area contributed by atoms with Gasteiger partial charge < -0.3 is 16.8 Å². The largest absolute Gasteiger partial charge is 0.380 e. The van der Waals surface area contributed by atoms with Crippen LogP contribution in [0.3, 0.4) is 0 Å². The summed E-state index contributed by atoms with van der Waals surface area (Å²) in [7, 11) is 0. The van der Waals surface area contributed by atoms with Gasteiger partial charge in [-0.2, -0.15) is 0 Å². The summed E-state index contributed by atoms with van der Waals surface area (Å²) in [6.07, 6.45) is 4.32. The summed E-state index contributed by atoms with van der Waals surface area (Å²) in [5.41, 5.74) is 11.6. The predicted octanol–water partition coefficient (Wildman–Crippen LogP) is 1.85. The van der Waals surface area contributed by atoms with Crippen molar-refractivity contribution < 1.29 is 9.18 Å². The number of carbonyl (C=O) groups excluding carboxylic acids is 1. The molecule has 1 fully saturated rings. The zero-order valence-corrected chi connectivity index (χ0v) is 10.9. The fourth-order valence-corrected chi connectivity index (χ4v) is 2.67. The number of anilines is 1. The van der Waals surface area contributed by atoms with Gasteiger partial charge in [0.15, 0.2) is 0 Å². The van der Waals surface area contributed by atoms with E-state index >= 15 is 0 Å². The first-order chi connectivity index (χ1) is 9.11. The first-order valence-electron chi connectivity index (χ1n) is 6.67. The molecule has 1 amide bonds. The summed E-state index contributed by atoms with van der Waals surface area (Å²) in [6, 6.07) is 4.29. The van der Waals surface area contributed by atoms with Gasteiger partial charge in [-0.3, -0.25) is 4.79 Å². The Kier molecular flexibility index (Phi) is 4.37. The van der Waals surface area contributed by atoms with Crippen LogP contribution in [-0.2, 0) is 0 Å². The fraction of sp³-hybridized carbons (Fsp3) is 0.500. The van der Waals surface area contributed by atoms with Gasteiger partial charge in [-0.1, -0.05) is 12.8 Å². The Morgan fingerprint density at radius 1 is 1.37 bits per heavy atom. The molecule has 5 N–H and O–H groups in total. The highest BCUT2D eigenvalue weighted by Crippen LogP contribution is 2.28. The molecule has 1 aromatic rings. The van der Waals surface area contributed by atoms with Crippen LogP contribution in [-0.4, -0.2) is 18.5 Å². The van der Waals surface area contributed by atoms with Crippen molar-refractivity contribution >= 4 is 11.6 Å². The Labute approximate surface area is 112 Å². The molecule has 4 nitrogen and oxygen atoms in total. The Balaban J connectivity index is 2.17. The number of rotatable bonds is 4. The number of hydrogen-bond acceptors (Lipinski definition) is 3. The molecule has 2 rings (SSSR count). The molecular formula is C14H20FN3O. The van der Waals surface area contributed by atoms with E-state index in [1.807, 2.05) is 0 Å². The summed E-state index contributed by atoms with van der Waals surface area (Å²) in [4.78, 5) is 11.1. The molecule has 1 aromatic carbocycles. The first kappa shape index (κ1) is 13.8. The Morgan fingerprint density at radius 3 is 2.79 bits per heavy atom. The molecule has 1 aliphatic rings. The zero-order valence-electron chi connectivity index (χ0n) is 10.9. The van der Waals surface area contributed by atoms with Crippen LogP contribution >= 0.6 is 0 Å². The van der Waals surface area contributed by atoms with Crippen molar-refractivity contribution in [3.8, 4) is 0 Å². The van der Waals surface area contributed by atoms with Gasteiger partial charge in [0.05, 0.1) is 5.69 Å². The quantitative estimate of drug-likeness (QED) is 0.777. The predicted molar refractivity (Wildman–Crippen MR) is 73.3 cm³/mol. The molecule has 0 heterocycles. The third kappa shape index (κ3) is 3.23. The maximum Gasteiger partial charge on any atom is 0.248 e. The van der Waals surface area contributed by atoms with Gasteiger partial charge in [0.2, 0.25) is 5.91 Å². The van der Waals surface area contributed by atoms with Crippen molar-refractivity contribution in [1.29, 1.82) is 0 Å². The number of hydrogen-bond donors (Lipinski definition) is 3. The van der Waals surface area contributed by atoms with E-state index in [1.165, 1.54) is 24.6 Å². The minimum Gasteiger partial charge on any atom is -0.380 e. The van der Waals surface area contributed by atoms with Gasteiger partial charge in [0, 0.05) is 11.6 Å². The first-order valence-corrected chi connectivity index (χ1v) is 6.67. The van der Waals surface area contributed by atoms with E-state index < -0.39 is 5.91 Å². The Bertz CT molecular complexity index is 464. The van der Waals surface area contributed by atoms with Crippen molar-refractivity contribution in [3.05, 3.63) is 29.6 Å². The standard InChI is InChI=1S/C14H20FN3O/c15-11-6-5-9(14(17)19)7-13(11)18-12-4-2-1-3-10(12)8-16/h5-7,10,12,18H,1-4,8,16H2,(H2,17,19). The van der Waals surface area contributed by atoms with Gasteiger partial charge in [-0.15, -0.1) is 0 Å². The van der Waals surface area contributed by atoms with E-state index in [4.69, 9.17) is 11.5 Å². The number of benzene rings is 1. The van der Waals surface area contributed by atoms with Crippen LogP contribution in [0.4, 0.5) is 10.1 Å². The van der Waals surface area contributed by atoms with E-state index in [0.717, 1.165) is 19.3 Å². The Morgan fingerprint density at radius 2 is 2.11 bits per heavy atom. The van der Waals surface area contributed by atoms with Crippen molar-refractivity contribution in [2.45, 2.75) is 31.7 Å². The SMILES string of the molecule is NCC1CCCCC1Nc1cc(C(N)=O)ccc1F. The summed E-state index contributed by atoms with van der Waals surface area (Å²) >= 11 is 0. The minimum absolute atomic E-state index is 0.163. The van der Waals surface area contributed by atoms with E-state index in [9.17, 15) is 9.18 Å². The van der Waals surface area contributed by atoms with Crippen LogP contribution in [0.1, 0.15) is 36.0 Å². The third-order valence-electron chi connectivity index (χ3n) is 3.80. The summed E-state index contributed by atoms with van der Waals surface area (Å²) in [5, 5.41) is 3.18. The van der Waals surface area contributed by atoms with E-state index in [0.29, 0.717) is 23.7 Å². The molecule has 0 saturated heterocycles. The molecule has 0 radical (unpaired) electrons. The van der Waals surface area contributed by atoms with Crippen LogP contribution in [0.5, 0.6) is 0 Å². The number of carbonyl (C=O) groups is 1. The number of nitrogens with two attached hydrogens (primary N) is 2. The lowest BCUT2D eigenvalue weighted by atomic mass is 9.84. The second-order valence-electron chi connectivity index (χ2n) is 5.09. The molecule has 1 aliphatic carbocycles. The van der Waals surface area contributed by atoms with Crippen molar-refractivity contribution in [3.63, 3.8) is 0 Å². The van der Waals surface area contributed by atoms with Crippen LogP contribution in [0.15, 0.2) is 18.2 Å². The monoisotopic (exact) mass is 265 g/mol. The Hall–Kier alpha value is -1.62. The second kappa shape index (κ2) is 6.02. The number of primary amides is 1. The molecule has 104 valence electrons. The van der Waals surface area contributed by atoms with Crippen LogP contribution < -0.4 is 16.8 Å². The third-order valence-corrected chi connectivity index (χ3v) is 3.80. The van der Waals surface area contributed by atoms with E-state index in [2.05, 4.69) is 5.32 Å². The van der Waals surface area contributed by atoms with Crippen molar-refractivity contribution in [2.75, 3.05) is 11.9 Å². The smallest absolute Gasteiger partial charge is 0.248 e. The van der Waals surface area contributed by atoms with Crippen molar-refractivity contribution in [1.82, 2.24) is 0 Å². The second-order valence-corrected chi connectivity index (χ2v) is 5.09. The summed E-state index contributed by atoms with van der Waals surface area (Å²) < 4.78 is 13.8. The highest BCUT2D eigenvalue weighted by molar-refractivity contribution is 5.93. The molecule has 1 saturated carbocycles. The fourth-order valence-electron chi connectivity index (χ4n) is 2.67. The topological polar surface area (TPSA) is 81.1 Å². The normalized spacial score (nSPS) is 23.1. The van der Waals surface area contributed by atoms with Crippen LogP contribution in [0.2, 0.25) is 0 Å². The lowest BCUT2D eigenvalue weighted by Crippen LogP contribution is -2.37. The number of amides is 1. The molecule has 0 spiro atoms. The van der Waals surface area contributed by atoms with Crippen LogP contribution in [0.25, 0.3) is 0 Å².